The molecule has 7 heteroatoms. The molecule has 0 atom stereocenters. The van der Waals surface area contributed by atoms with Gasteiger partial charge < -0.3 is 14.8 Å². The zero-order chi connectivity index (χ0) is 25.5. The summed E-state index contributed by atoms with van der Waals surface area (Å²) in [5.74, 6) is 1.11. The highest BCUT2D eigenvalue weighted by atomic mass is 32.1. The number of carbonyl (C=O) groups is 1. The minimum Gasteiger partial charge on any atom is -0.490 e. The van der Waals surface area contributed by atoms with E-state index in [1.54, 1.807) is 17.0 Å². The highest BCUT2D eigenvalue weighted by Crippen LogP contribution is 2.36. The lowest BCUT2D eigenvalue weighted by Gasteiger charge is -2.29. The van der Waals surface area contributed by atoms with E-state index in [4.69, 9.17) is 21.7 Å². The maximum atomic E-state index is 13.2. The summed E-state index contributed by atoms with van der Waals surface area (Å²) in [6, 6.07) is 13.6. The lowest BCUT2D eigenvalue weighted by Crippen LogP contribution is -2.41. The number of allylic oxidation sites excluding steroid dienone is 1. The maximum Gasteiger partial charge on any atom is 0.276 e. The molecule has 0 spiro atoms. The van der Waals surface area contributed by atoms with Crippen molar-refractivity contribution in [2.75, 3.05) is 6.61 Å². The van der Waals surface area contributed by atoms with Crippen LogP contribution >= 0.6 is 12.2 Å². The van der Waals surface area contributed by atoms with E-state index in [1.807, 2.05) is 43.3 Å². The Morgan fingerprint density at radius 1 is 1.19 bits per heavy atom. The van der Waals surface area contributed by atoms with Crippen molar-refractivity contribution >= 4 is 29.3 Å². The molecule has 6 nitrogen and oxygen atoms in total. The van der Waals surface area contributed by atoms with Crippen LogP contribution in [0.15, 0.2) is 54.8 Å². The first-order valence-electron chi connectivity index (χ1n) is 12.4. The zero-order valence-electron chi connectivity index (χ0n) is 20.6. The predicted octanol–water partition coefficient (Wildman–Crippen LogP) is 5.65. The van der Waals surface area contributed by atoms with Crippen LogP contribution in [0.3, 0.4) is 0 Å². The standard InChI is InChI=1S/C29H31N3O3S/c1-3-10-21-15-20(16-25-28(33)32(29(36)31-25)24-13-6-5-7-14-24)17-26(34-4-2)27(21)35-19-23-12-9-8-11-22(23)18-30/h3,8-9,11-12,15-17,24H,1,4-7,10,13-14,19H2,2H3,(H,31,36)/b25-16-. The molecule has 1 heterocycles. The van der Waals surface area contributed by atoms with Gasteiger partial charge >= 0.3 is 0 Å². The van der Waals surface area contributed by atoms with E-state index in [0.717, 1.165) is 42.4 Å². The molecule has 0 bridgehead atoms. The predicted molar refractivity (Wildman–Crippen MR) is 144 cm³/mol. The Balaban J connectivity index is 1.64. The largest absolute Gasteiger partial charge is 0.490 e. The summed E-state index contributed by atoms with van der Waals surface area (Å²) in [5, 5.41) is 13.0. The molecule has 2 fully saturated rings. The number of nitrogens with one attached hydrogen (secondary N) is 1. The molecule has 0 radical (unpaired) electrons. The van der Waals surface area contributed by atoms with Gasteiger partial charge in [-0.1, -0.05) is 43.5 Å². The van der Waals surface area contributed by atoms with Crippen LogP contribution in [0, 0.1) is 11.3 Å². The van der Waals surface area contributed by atoms with E-state index < -0.39 is 0 Å². The molecule has 2 aliphatic rings. The summed E-state index contributed by atoms with van der Waals surface area (Å²) in [7, 11) is 0. The van der Waals surface area contributed by atoms with Crippen LogP contribution < -0.4 is 14.8 Å². The Bertz CT molecular complexity index is 1220. The molecular formula is C29H31N3O3S. The molecule has 1 aliphatic carbocycles. The third-order valence-electron chi connectivity index (χ3n) is 6.49. The van der Waals surface area contributed by atoms with Crippen LogP contribution in [-0.4, -0.2) is 28.6 Å². The molecule has 4 rings (SSSR count). The summed E-state index contributed by atoms with van der Waals surface area (Å²) in [6.07, 6.45) is 9.61. The minimum absolute atomic E-state index is 0.0800. The highest BCUT2D eigenvalue weighted by Gasteiger charge is 2.36. The third kappa shape index (κ3) is 5.60. The second kappa shape index (κ2) is 11.9. The Labute approximate surface area is 218 Å². The Kier molecular flexibility index (Phi) is 8.40. The molecule has 0 unspecified atom stereocenters. The second-order valence-corrected chi connectivity index (χ2v) is 9.33. The smallest absolute Gasteiger partial charge is 0.276 e. The zero-order valence-corrected chi connectivity index (χ0v) is 21.4. The molecular weight excluding hydrogens is 470 g/mol. The fourth-order valence-corrected chi connectivity index (χ4v) is 5.13. The third-order valence-corrected chi connectivity index (χ3v) is 6.79. The molecule has 1 aliphatic heterocycles. The highest BCUT2D eigenvalue weighted by molar-refractivity contribution is 7.80. The molecule has 2 aromatic carbocycles. The normalized spacial score (nSPS) is 17.1. The van der Waals surface area contributed by atoms with Gasteiger partial charge in [-0.25, -0.2) is 0 Å². The van der Waals surface area contributed by atoms with E-state index in [9.17, 15) is 10.1 Å². The van der Waals surface area contributed by atoms with Crippen molar-refractivity contribution in [1.29, 1.82) is 5.26 Å². The Morgan fingerprint density at radius 2 is 1.97 bits per heavy atom. The monoisotopic (exact) mass is 501 g/mol. The van der Waals surface area contributed by atoms with Crippen LogP contribution in [0.2, 0.25) is 0 Å². The topological polar surface area (TPSA) is 74.6 Å². The minimum atomic E-state index is -0.0800. The average Bonchev–Trinajstić information content (AvgIpc) is 3.16. The van der Waals surface area contributed by atoms with Gasteiger partial charge in [0.05, 0.1) is 18.2 Å². The summed E-state index contributed by atoms with van der Waals surface area (Å²) < 4.78 is 12.1. The van der Waals surface area contributed by atoms with Gasteiger partial charge in [-0.3, -0.25) is 9.69 Å². The fourth-order valence-electron chi connectivity index (χ4n) is 4.79. The van der Waals surface area contributed by atoms with Crippen molar-refractivity contribution in [2.24, 2.45) is 0 Å². The van der Waals surface area contributed by atoms with Gasteiger partial charge in [0.2, 0.25) is 0 Å². The van der Waals surface area contributed by atoms with E-state index in [0.29, 0.717) is 40.9 Å². The SMILES string of the molecule is C=CCc1cc(/C=C2\NC(=S)N(C3CCCCC3)C2=O)cc(OCC)c1OCc1ccccc1C#N. The first-order chi connectivity index (χ1) is 17.5. The number of thiocarbonyl (C=S) groups is 1. The first-order valence-corrected chi connectivity index (χ1v) is 12.8. The lowest BCUT2D eigenvalue weighted by molar-refractivity contribution is -0.124. The van der Waals surface area contributed by atoms with Crippen molar-refractivity contribution in [2.45, 2.75) is 58.1 Å². The van der Waals surface area contributed by atoms with Crippen molar-refractivity contribution < 1.29 is 14.3 Å². The number of hydrogen-bond acceptors (Lipinski definition) is 5. The van der Waals surface area contributed by atoms with Gasteiger partial charge in [0, 0.05) is 17.2 Å². The first kappa shape index (κ1) is 25.5. The van der Waals surface area contributed by atoms with E-state index >= 15 is 0 Å². The lowest BCUT2D eigenvalue weighted by atomic mass is 9.94. The number of benzene rings is 2. The van der Waals surface area contributed by atoms with Crippen LogP contribution in [0.5, 0.6) is 11.5 Å². The number of rotatable bonds is 9. The van der Waals surface area contributed by atoms with Gasteiger partial charge in [0.25, 0.3) is 5.91 Å². The maximum absolute atomic E-state index is 13.2. The fraction of sp³-hybridized carbons (Fsp3) is 0.345. The molecule has 2 aromatic rings. The van der Waals surface area contributed by atoms with Crippen LogP contribution in [0.25, 0.3) is 6.08 Å². The van der Waals surface area contributed by atoms with Crippen molar-refractivity contribution in [3.8, 4) is 17.6 Å². The summed E-state index contributed by atoms with van der Waals surface area (Å²) in [5.41, 5.74) is 3.54. The van der Waals surface area contributed by atoms with Gasteiger partial charge in [0.15, 0.2) is 16.6 Å². The number of ether oxygens (including phenoxy) is 2. The van der Waals surface area contributed by atoms with Crippen molar-refractivity contribution in [3.05, 3.63) is 77.0 Å². The molecule has 1 amide bonds. The second-order valence-electron chi connectivity index (χ2n) is 8.95. The quantitative estimate of drug-likeness (QED) is 0.272. The van der Waals surface area contributed by atoms with Gasteiger partial charge in [-0.2, -0.15) is 5.26 Å². The van der Waals surface area contributed by atoms with Gasteiger partial charge in [-0.05, 0) is 68.2 Å². The van der Waals surface area contributed by atoms with Crippen molar-refractivity contribution in [1.82, 2.24) is 10.2 Å². The molecule has 186 valence electrons. The molecule has 0 aromatic heterocycles. The van der Waals surface area contributed by atoms with Gasteiger partial charge in [0.1, 0.15) is 12.3 Å². The molecule has 36 heavy (non-hydrogen) atoms. The number of amides is 1. The van der Waals surface area contributed by atoms with E-state index in [1.165, 1.54) is 6.42 Å². The van der Waals surface area contributed by atoms with Crippen LogP contribution in [0.1, 0.15) is 61.3 Å². The van der Waals surface area contributed by atoms with Crippen LogP contribution in [-0.2, 0) is 17.8 Å². The summed E-state index contributed by atoms with van der Waals surface area (Å²) in [4.78, 5) is 15.0. The van der Waals surface area contributed by atoms with E-state index in [2.05, 4.69) is 18.0 Å². The summed E-state index contributed by atoms with van der Waals surface area (Å²) >= 11 is 5.52. The van der Waals surface area contributed by atoms with Crippen molar-refractivity contribution in [3.63, 3.8) is 0 Å². The number of nitrogens with zero attached hydrogens (tertiary/aromatic N) is 2. The van der Waals surface area contributed by atoms with E-state index in [-0.39, 0.29) is 18.6 Å². The number of carbonyl (C=O) groups excluding carboxylic acids is 1. The Hall–Kier alpha value is -3.63. The van der Waals surface area contributed by atoms with Gasteiger partial charge in [-0.15, -0.1) is 6.58 Å². The average molecular weight is 502 g/mol. The molecule has 1 N–H and O–H groups in total. The van der Waals surface area contributed by atoms with Crippen LogP contribution in [0.4, 0.5) is 0 Å². The number of nitriles is 1. The number of hydrogen-bond donors (Lipinski definition) is 1. The molecule has 1 saturated carbocycles. The Morgan fingerprint density at radius 3 is 2.69 bits per heavy atom. The summed E-state index contributed by atoms with van der Waals surface area (Å²) in [6.45, 7) is 6.49. The molecule has 1 saturated heterocycles.